The standard InChI is InChI=1S/C28H24ClN3O2S/c1-34-25-9-5-8-22(16-25)27(33)31(17-20-6-3-2-4-7-20)15-14-24-19-35-28-30-26(18-32(24)28)21-10-12-23(29)13-11-21/h2-13,16,18-19H,14-15,17H2,1H3. The SMILES string of the molecule is COc1cccc(C(=O)N(CCc2csc3nc(-c4ccc(Cl)cc4)cn23)Cc2ccccc2)c1. The lowest BCUT2D eigenvalue weighted by Crippen LogP contribution is -2.32. The molecule has 0 atom stereocenters. The van der Waals surface area contributed by atoms with Gasteiger partial charge in [0.1, 0.15) is 5.75 Å². The zero-order valence-corrected chi connectivity index (χ0v) is 20.8. The van der Waals surface area contributed by atoms with Crippen LogP contribution in [-0.4, -0.2) is 33.8 Å². The van der Waals surface area contributed by atoms with Crippen LogP contribution in [-0.2, 0) is 13.0 Å². The zero-order valence-electron chi connectivity index (χ0n) is 19.2. The zero-order chi connectivity index (χ0) is 24.2. The van der Waals surface area contributed by atoms with Gasteiger partial charge in [-0.05, 0) is 35.9 Å². The highest BCUT2D eigenvalue weighted by atomic mass is 35.5. The lowest BCUT2D eigenvalue weighted by molar-refractivity contribution is 0.0744. The fourth-order valence-electron chi connectivity index (χ4n) is 4.01. The molecule has 0 fully saturated rings. The maximum absolute atomic E-state index is 13.5. The molecule has 5 aromatic rings. The van der Waals surface area contributed by atoms with E-state index in [1.54, 1.807) is 24.5 Å². The molecule has 35 heavy (non-hydrogen) atoms. The van der Waals surface area contributed by atoms with E-state index in [4.69, 9.17) is 21.3 Å². The molecule has 0 bridgehead atoms. The molecular formula is C28H24ClN3O2S. The lowest BCUT2D eigenvalue weighted by atomic mass is 10.1. The molecule has 0 radical (unpaired) electrons. The number of benzene rings is 3. The minimum atomic E-state index is -0.0216. The summed E-state index contributed by atoms with van der Waals surface area (Å²) < 4.78 is 7.44. The predicted octanol–water partition coefficient (Wildman–Crippen LogP) is 6.61. The summed E-state index contributed by atoms with van der Waals surface area (Å²) in [5.74, 6) is 0.648. The third-order valence-electron chi connectivity index (χ3n) is 5.88. The topological polar surface area (TPSA) is 46.8 Å². The number of ether oxygens (including phenoxy) is 1. The Balaban J connectivity index is 1.39. The Morgan fingerprint density at radius 2 is 1.86 bits per heavy atom. The van der Waals surface area contributed by atoms with Crippen LogP contribution in [0.4, 0.5) is 0 Å². The van der Waals surface area contributed by atoms with Crippen LogP contribution in [0.1, 0.15) is 21.6 Å². The average Bonchev–Trinajstić information content (AvgIpc) is 3.48. The lowest BCUT2D eigenvalue weighted by Gasteiger charge is -2.23. The second-order valence-electron chi connectivity index (χ2n) is 8.21. The summed E-state index contributed by atoms with van der Waals surface area (Å²) in [4.78, 5) is 21.1. The van der Waals surface area contributed by atoms with E-state index < -0.39 is 0 Å². The largest absolute Gasteiger partial charge is 0.497 e. The molecule has 1 amide bonds. The molecule has 5 rings (SSSR count). The molecule has 5 nitrogen and oxygen atoms in total. The van der Waals surface area contributed by atoms with Crippen LogP contribution in [0.3, 0.4) is 0 Å². The number of hydrogen-bond donors (Lipinski definition) is 0. The van der Waals surface area contributed by atoms with Gasteiger partial charge in [-0.2, -0.15) is 0 Å². The number of halogens is 1. The molecule has 0 aliphatic carbocycles. The Kier molecular flexibility index (Phi) is 6.84. The normalized spacial score (nSPS) is 11.0. The number of carbonyl (C=O) groups excluding carboxylic acids is 1. The van der Waals surface area contributed by atoms with Crippen LogP contribution in [0, 0.1) is 0 Å². The Labute approximate surface area is 213 Å². The Morgan fingerprint density at radius 1 is 1.06 bits per heavy atom. The predicted molar refractivity (Wildman–Crippen MR) is 141 cm³/mol. The molecule has 3 aromatic carbocycles. The van der Waals surface area contributed by atoms with Crippen molar-refractivity contribution in [1.82, 2.24) is 14.3 Å². The fourth-order valence-corrected chi connectivity index (χ4v) is 5.05. The van der Waals surface area contributed by atoms with Crippen LogP contribution in [0.15, 0.2) is 90.4 Å². The van der Waals surface area contributed by atoms with Crippen LogP contribution in [0.5, 0.6) is 5.75 Å². The van der Waals surface area contributed by atoms with Crippen LogP contribution >= 0.6 is 22.9 Å². The van der Waals surface area contributed by atoms with Gasteiger partial charge in [0.2, 0.25) is 0 Å². The van der Waals surface area contributed by atoms with Gasteiger partial charge in [-0.1, -0.05) is 60.1 Å². The minimum absolute atomic E-state index is 0.0216. The summed E-state index contributed by atoms with van der Waals surface area (Å²) in [6, 6.07) is 25.1. The Hall–Kier alpha value is -3.61. The molecule has 176 valence electrons. The van der Waals surface area contributed by atoms with Crippen molar-refractivity contribution >= 4 is 33.8 Å². The van der Waals surface area contributed by atoms with Gasteiger partial charge in [-0.3, -0.25) is 9.20 Å². The highest BCUT2D eigenvalue weighted by Gasteiger charge is 2.18. The molecule has 0 N–H and O–H groups in total. The van der Waals surface area contributed by atoms with E-state index in [1.807, 2.05) is 77.7 Å². The van der Waals surface area contributed by atoms with Crippen molar-refractivity contribution in [2.45, 2.75) is 13.0 Å². The summed E-state index contributed by atoms with van der Waals surface area (Å²) in [6.45, 7) is 1.11. The smallest absolute Gasteiger partial charge is 0.254 e. The molecule has 7 heteroatoms. The molecule has 0 unspecified atom stereocenters. The van der Waals surface area contributed by atoms with Crippen molar-refractivity contribution in [1.29, 1.82) is 0 Å². The number of methoxy groups -OCH3 is 1. The summed E-state index contributed by atoms with van der Waals surface area (Å²) in [6.07, 6.45) is 2.76. The molecule has 2 heterocycles. The first-order valence-electron chi connectivity index (χ1n) is 11.3. The van der Waals surface area contributed by atoms with Crippen molar-refractivity contribution in [2.75, 3.05) is 13.7 Å². The molecule has 2 aromatic heterocycles. The van der Waals surface area contributed by atoms with Crippen molar-refractivity contribution in [3.05, 3.63) is 112 Å². The van der Waals surface area contributed by atoms with Gasteiger partial charge >= 0.3 is 0 Å². The molecule has 0 aliphatic rings. The number of carbonyl (C=O) groups is 1. The van der Waals surface area contributed by atoms with Crippen molar-refractivity contribution in [2.24, 2.45) is 0 Å². The van der Waals surface area contributed by atoms with Crippen molar-refractivity contribution < 1.29 is 9.53 Å². The van der Waals surface area contributed by atoms with E-state index in [0.29, 0.717) is 35.8 Å². The van der Waals surface area contributed by atoms with Crippen molar-refractivity contribution in [3.63, 3.8) is 0 Å². The number of hydrogen-bond acceptors (Lipinski definition) is 4. The number of nitrogens with zero attached hydrogens (tertiary/aromatic N) is 3. The van der Waals surface area contributed by atoms with Gasteiger partial charge in [-0.25, -0.2) is 4.98 Å². The average molecular weight is 502 g/mol. The van der Waals surface area contributed by atoms with E-state index in [1.165, 1.54) is 0 Å². The Morgan fingerprint density at radius 3 is 2.63 bits per heavy atom. The number of amides is 1. The molecule has 0 saturated heterocycles. The van der Waals surface area contributed by atoms with Crippen molar-refractivity contribution in [3.8, 4) is 17.0 Å². The van der Waals surface area contributed by atoms with E-state index in [-0.39, 0.29) is 5.91 Å². The molecular weight excluding hydrogens is 478 g/mol. The van der Waals surface area contributed by atoms with Gasteiger partial charge in [0.15, 0.2) is 4.96 Å². The van der Waals surface area contributed by atoms with E-state index in [0.717, 1.165) is 27.5 Å². The molecule has 0 saturated carbocycles. The third kappa shape index (κ3) is 5.24. The first-order valence-corrected chi connectivity index (χ1v) is 12.5. The summed E-state index contributed by atoms with van der Waals surface area (Å²) in [7, 11) is 1.61. The number of fused-ring (bicyclic) bond motifs is 1. The van der Waals surface area contributed by atoms with Crippen LogP contribution in [0.2, 0.25) is 5.02 Å². The maximum Gasteiger partial charge on any atom is 0.254 e. The minimum Gasteiger partial charge on any atom is -0.497 e. The first kappa shape index (κ1) is 23.1. The Bertz CT molecular complexity index is 1440. The number of aromatic nitrogens is 2. The highest BCUT2D eigenvalue weighted by Crippen LogP contribution is 2.25. The maximum atomic E-state index is 13.5. The van der Waals surface area contributed by atoms with Gasteiger partial charge in [-0.15, -0.1) is 11.3 Å². The molecule has 0 aliphatic heterocycles. The number of imidazole rings is 1. The van der Waals surface area contributed by atoms with Gasteiger partial charge in [0.05, 0.1) is 12.8 Å². The second kappa shape index (κ2) is 10.3. The summed E-state index contributed by atoms with van der Waals surface area (Å²) in [5, 5.41) is 2.82. The first-order chi connectivity index (χ1) is 17.1. The number of thiazole rings is 1. The fraction of sp³-hybridized carbons (Fsp3) is 0.143. The van der Waals surface area contributed by atoms with Gasteiger partial charge < -0.3 is 9.64 Å². The van der Waals surface area contributed by atoms with E-state index in [2.05, 4.69) is 16.0 Å². The van der Waals surface area contributed by atoms with Gasteiger partial charge in [0, 0.05) is 52.9 Å². The van der Waals surface area contributed by atoms with E-state index in [9.17, 15) is 4.79 Å². The number of rotatable bonds is 8. The van der Waals surface area contributed by atoms with Crippen LogP contribution in [0.25, 0.3) is 16.2 Å². The summed E-state index contributed by atoms with van der Waals surface area (Å²) in [5.41, 5.74) is 4.75. The highest BCUT2D eigenvalue weighted by molar-refractivity contribution is 7.15. The third-order valence-corrected chi connectivity index (χ3v) is 7.02. The molecule has 0 spiro atoms. The van der Waals surface area contributed by atoms with Gasteiger partial charge in [0.25, 0.3) is 5.91 Å². The quantitative estimate of drug-likeness (QED) is 0.240. The summed E-state index contributed by atoms with van der Waals surface area (Å²) >= 11 is 7.64. The van der Waals surface area contributed by atoms with Crippen LogP contribution < -0.4 is 4.74 Å². The van der Waals surface area contributed by atoms with E-state index >= 15 is 0 Å². The monoisotopic (exact) mass is 501 g/mol. The second-order valence-corrected chi connectivity index (χ2v) is 9.48.